The summed E-state index contributed by atoms with van der Waals surface area (Å²) in [7, 11) is -2.31. The quantitative estimate of drug-likeness (QED) is 0.375. The summed E-state index contributed by atoms with van der Waals surface area (Å²) in [5, 5.41) is 39.0. The van der Waals surface area contributed by atoms with Crippen molar-refractivity contribution in [3.8, 4) is 17.0 Å². The first-order valence-electron chi connectivity index (χ1n) is 10.2. The Balaban J connectivity index is 2.66. The van der Waals surface area contributed by atoms with E-state index in [1.165, 1.54) is 25.3 Å². The average molecular weight is 480 g/mol. The molecule has 0 aliphatic carbocycles. The van der Waals surface area contributed by atoms with Gasteiger partial charge in [0.2, 0.25) is 16.0 Å². The summed E-state index contributed by atoms with van der Waals surface area (Å²) in [6.45, 7) is 3.70. The van der Waals surface area contributed by atoms with Crippen molar-refractivity contribution in [1.82, 2.24) is 9.97 Å². The molecule has 1 aromatic heterocycles. The highest BCUT2D eigenvalue weighted by Crippen LogP contribution is 2.32. The molecule has 10 nitrogen and oxygen atoms in total. The van der Waals surface area contributed by atoms with Crippen molar-refractivity contribution >= 4 is 28.0 Å². The Bertz CT molecular complexity index is 1130. The van der Waals surface area contributed by atoms with Crippen LogP contribution in [0.1, 0.15) is 50.3 Å². The van der Waals surface area contributed by atoms with E-state index in [2.05, 4.69) is 9.97 Å². The summed E-state index contributed by atoms with van der Waals surface area (Å²) >= 11 is 0. The van der Waals surface area contributed by atoms with E-state index in [1.807, 2.05) is 13.8 Å². The van der Waals surface area contributed by atoms with Crippen LogP contribution >= 0.6 is 0 Å². The molecule has 4 N–H and O–H groups in total. The predicted octanol–water partition coefficient (Wildman–Crippen LogP) is 2.32. The van der Waals surface area contributed by atoms with Crippen LogP contribution in [0.2, 0.25) is 0 Å². The minimum atomic E-state index is -3.65. The fourth-order valence-corrected chi connectivity index (χ4v) is 3.39. The van der Waals surface area contributed by atoms with Crippen molar-refractivity contribution < 1.29 is 33.6 Å². The number of aliphatic carboxylic acids is 1. The third-order valence-corrected chi connectivity index (χ3v) is 6.04. The number of carbonyl (C=O) groups is 1. The number of phenols is 1. The predicted molar refractivity (Wildman–Crippen MR) is 124 cm³/mol. The highest BCUT2D eigenvalue weighted by Gasteiger charge is 2.24. The summed E-state index contributed by atoms with van der Waals surface area (Å²) in [5.74, 6) is -3.51. The Morgan fingerprint density at radius 1 is 1.18 bits per heavy atom. The molecule has 0 spiro atoms. The Morgan fingerprint density at radius 2 is 1.79 bits per heavy atom. The minimum absolute atomic E-state index is 0.0330. The van der Waals surface area contributed by atoms with Crippen LogP contribution in [0, 0.1) is 0 Å². The number of benzene rings is 1. The molecule has 0 atom stereocenters. The van der Waals surface area contributed by atoms with E-state index in [1.54, 1.807) is 12.1 Å². The number of aromatic hydroxyl groups is 1. The number of carboxylic acid groups (broad SMARTS) is 1. The van der Waals surface area contributed by atoms with Crippen LogP contribution in [0.25, 0.3) is 17.3 Å². The van der Waals surface area contributed by atoms with Gasteiger partial charge < -0.3 is 20.4 Å². The lowest BCUT2D eigenvalue weighted by Gasteiger charge is -2.21. The molecular weight excluding hydrogens is 450 g/mol. The SMILES string of the molecule is CC(C)c1nc(N(C)S(C)(=O)=O)nc(-c2ccc(O)cc2)c1C=CC(O)(O)CCCC(=O)O. The van der Waals surface area contributed by atoms with Gasteiger partial charge in [-0.15, -0.1) is 0 Å². The maximum Gasteiger partial charge on any atom is 0.303 e. The smallest absolute Gasteiger partial charge is 0.303 e. The number of sulfonamides is 1. The van der Waals surface area contributed by atoms with Crippen LogP contribution in [0.3, 0.4) is 0 Å². The molecule has 33 heavy (non-hydrogen) atoms. The highest BCUT2D eigenvalue weighted by molar-refractivity contribution is 7.92. The Hall–Kier alpha value is -3.02. The number of carboxylic acids is 1. The second-order valence-electron chi connectivity index (χ2n) is 8.06. The lowest BCUT2D eigenvalue weighted by molar-refractivity contribution is -0.139. The van der Waals surface area contributed by atoms with Crippen molar-refractivity contribution in [2.75, 3.05) is 17.6 Å². The Morgan fingerprint density at radius 3 is 2.30 bits per heavy atom. The van der Waals surface area contributed by atoms with Gasteiger partial charge in [-0.3, -0.25) is 4.79 Å². The second kappa shape index (κ2) is 10.3. The van der Waals surface area contributed by atoms with Crippen LogP contribution < -0.4 is 4.31 Å². The number of hydrogen-bond donors (Lipinski definition) is 4. The van der Waals surface area contributed by atoms with Crippen molar-refractivity contribution in [3.63, 3.8) is 0 Å². The molecule has 2 aromatic rings. The molecule has 180 valence electrons. The molecule has 0 saturated heterocycles. The standard InChI is InChI=1S/C22H29N3O7S/c1-14(2)19-17(11-13-22(29,30)12-5-6-18(27)28)20(15-7-9-16(26)10-8-15)24-21(23-19)25(3)33(4,31)32/h7-11,13-14,26,29-30H,5-6,12H2,1-4H3,(H,27,28). The van der Waals surface area contributed by atoms with Gasteiger partial charge in [0.1, 0.15) is 5.75 Å². The van der Waals surface area contributed by atoms with E-state index in [-0.39, 0.29) is 36.9 Å². The zero-order valence-corrected chi connectivity index (χ0v) is 19.7. The van der Waals surface area contributed by atoms with Crippen LogP contribution in [0.5, 0.6) is 5.75 Å². The summed E-state index contributed by atoms with van der Waals surface area (Å²) in [6.07, 6.45) is 3.25. The van der Waals surface area contributed by atoms with Crippen molar-refractivity contribution in [3.05, 3.63) is 41.6 Å². The number of nitrogens with zero attached hydrogens (tertiary/aromatic N) is 3. The fourth-order valence-electron chi connectivity index (χ4n) is 3.01. The zero-order chi connectivity index (χ0) is 25.0. The molecular formula is C22H29N3O7S. The van der Waals surface area contributed by atoms with Gasteiger partial charge >= 0.3 is 5.97 Å². The van der Waals surface area contributed by atoms with E-state index < -0.39 is 21.8 Å². The topological polar surface area (TPSA) is 161 Å². The molecule has 0 amide bonds. The van der Waals surface area contributed by atoms with E-state index >= 15 is 0 Å². The monoisotopic (exact) mass is 479 g/mol. The third-order valence-electron chi connectivity index (χ3n) is 4.88. The van der Waals surface area contributed by atoms with Gasteiger partial charge in [-0.25, -0.2) is 22.7 Å². The van der Waals surface area contributed by atoms with E-state index in [0.29, 0.717) is 22.5 Å². The van der Waals surface area contributed by atoms with Gasteiger partial charge in [0, 0.05) is 31.0 Å². The van der Waals surface area contributed by atoms with Gasteiger partial charge in [0.15, 0.2) is 5.79 Å². The largest absolute Gasteiger partial charge is 0.508 e. The fraction of sp³-hybridized carbons (Fsp3) is 0.409. The normalized spacial score (nSPS) is 12.5. The first-order chi connectivity index (χ1) is 15.2. The minimum Gasteiger partial charge on any atom is -0.508 e. The maximum atomic E-state index is 12.1. The first kappa shape index (κ1) is 26.2. The molecule has 0 saturated carbocycles. The lowest BCUT2D eigenvalue weighted by Crippen LogP contribution is -2.28. The number of rotatable bonds is 10. The summed E-state index contributed by atoms with van der Waals surface area (Å²) in [5.41, 5.74) is 1.78. The van der Waals surface area contributed by atoms with Crippen molar-refractivity contribution in [1.29, 1.82) is 0 Å². The van der Waals surface area contributed by atoms with Gasteiger partial charge in [0.05, 0.1) is 17.6 Å². The molecule has 0 bridgehead atoms. The first-order valence-corrected chi connectivity index (χ1v) is 12.1. The van der Waals surface area contributed by atoms with Gasteiger partial charge in [0.25, 0.3) is 0 Å². The van der Waals surface area contributed by atoms with E-state index in [4.69, 9.17) is 5.11 Å². The third kappa shape index (κ3) is 7.24. The molecule has 0 aliphatic rings. The number of aromatic nitrogens is 2. The molecule has 2 rings (SSSR count). The van der Waals surface area contributed by atoms with Crippen LogP contribution in [-0.4, -0.2) is 63.9 Å². The van der Waals surface area contributed by atoms with Crippen LogP contribution in [0.4, 0.5) is 5.95 Å². The highest BCUT2D eigenvalue weighted by atomic mass is 32.2. The van der Waals surface area contributed by atoms with Gasteiger partial charge in [-0.2, -0.15) is 0 Å². The second-order valence-corrected chi connectivity index (χ2v) is 10.1. The molecule has 1 heterocycles. The van der Waals surface area contributed by atoms with Gasteiger partial charge in [-0.1, -0.05) is 13.8 Å². The molecule has 0 fully saturated rings. The summed E-state index contributed by atoms with van der Waals surface area (Å²) < 4.78 is 25.1. The van der Waals surface area contributed by atoms with E-state index in [9.17, 15) is 28.5 Å². The number of phenolic OH excluding ortho intramolecular Hbond substituents is 1. The number of anilines is 1. The lowest BCUT2D eigenvalue weighted by atomic mass is 9.97. The molecule has 11 heteroatoms. The molecule has 0 aliphatic heterocycles. The Kier molecular flexibility index (Phi) is 8.17. The average Bonchev–Trinajstić information content (AvgIpc) is 2.70. The zero-order valence-electron chi connectivity index (χ0n) is 18.9. The van der Waals surface area contributed by atoms with Crippen LogP contribution in [-0.2, 0) is 14.8 Å². The number of aliphatic hydroxyl groups is 2. The maximum absolute atomic E-state index is 12.1. The molecule has 0 radical (unpaired) electrons. The molecule has 1 aromatic carbocycles. The molecule has 0 unspecified atom stereocenters. The van der Waals surface area contributed by atoms with Gasteiger partial charge in [-0.05, 0) is 48.8 Å². The summed E-state index contributed by atoms with van der Waals surface area (Å²) in [6, 6.07) is 6.10. The summed E-state index contributed by atoms with van der Waals surface area (Å²) in [4.78, 5) is 19.6. The van der Waals surface area contributed by atoms with Crippen LogP contribution in [0.15, 0.2) is 30.3 Å². The van der Waals surface area contributed by atoms with Crippen molar-refractivity contribution in [2.45, 2.75) is 44.8 Å². The number of hydrogen-bond acceptors (Lipinski definition) is 8. The van der Waals surface area contributed by atoms with Crippen molar-refractivity contribution in [2.24, 2.45) is 0 Å². The van der Waals surface area contributed by atoms with E-state index in [0.717, 1.165) is 16.6 Å². The Labute approximate surface area is 192 Å².